The van der Waals surface area contributed by atoms with Gasteiger partial charge in [-0.05, 0) is 18.2 Å². The molecule has 0 unspecified atom stereocenters. The number of hydrogen-bond acceptors (Lipinski definition) is 3. The molecule has 0 saturated heterocycles. The number of ether oxygens (including phenoxy) is 1. The van der Waals surface area contributed by atoms with Gasteiger partial charge in [-0.25, -0.2) is 9.79 Å². The quantitative estimate of drug-likeness (QED) is 0.424. The molecule has 1 rings (SSSR count). The summed E-state index contributed by atoms with van der Waals surface area (Å²) in [5.74, 6) is -1.31. The zero-order chi connectivity index (χ0) is 13.7. The molecule has 0 aromatic heterocycles. The molecule has 0 bridgehead atoms. The third-order valence-corrected chi connectivity index (χ3v) is 1.90. The van der Waals surface area contributed by atoms with Crippen molar-refractivity contribution in [3.8, 4) is 5.75 Å². The van der Waals surface area contributed by atoms with E-state index >= 15 is 0 Å². The molecular formula is C10H13N5O3. The highest BCUT2D eigenvalue weighted by molar-refractivity contribution is 5.95. The van der Waals surface area contributed by atoms with Gasteiger partial charge in [-0.2, -0.15) is 4.99 Å². The number of benzene rings is 1. The van der Waals surface area contributed by atoms with Gasteiger partial charge in [0.15, 0.2) is 5.96 Å². The molecule has 0 atom stereocenters. The van der Waals surface area contributed by atoms with Crippen molar-refractivity contribution in [3.05, 3.63) is 23.8 Å². The number of aromatic carboxylic acids is 1. The highest BCUT2D eigenvalue weighted by Crippen LogP contribution is 2.24. The third kappa shape index (κ3) is 3.37. The number of aliphatic imine (C=N–C) groups is 2. The van der Waals surface area contributed by atoms with Gasteiger partial charge in [0.25, 0.3) is 0 Å². The number of guanidine groups is 2. The molecule has 18 heavy (non-hydrogen) atoms. The number of carboxylic acid groups (broad SMARTS) is 1. The molecule has 0 fully saturated rings. The van der Waals surface area contributed by atoms with Gasteiger partial charge in [-0.1, -0.05) is 0 Å². The summed E-state index contributed by atoms with van der Waals surface area (Å²) in [5.41, 5.74) is 15.9. The minimum atomic E-state index is -1.13. The molecule has 8 heteroatoms. The highest BCUT2D eigenvalue weighted by atomic mass is 16.5. The van der Waals surface area contributed by atoms with Crippen LogP contribution in [-0.4, -0.2) is 30.1 Å². The molecule has 0 radical (unpaired) electrons. The van der Waals surface area contributed by atoms with E-state index in [9.17, 15) is 4.79 Å². The van der Waals surface area contributed by atoms with Crippen LogP contribution in [0.15, 0.2) is 28.2 Å². The second-order valence-electron chi connectivity index (χ2n) is 3.20. The SMILES string of the molecule is COc1ccc(N=C(N)N=C(N)N)cc1C(=O)O. The van der Waals surface area contributed by atoms with Gasteiger partial charge in [0.2, 0.25) is 5.96 Å². The summed E-state index contributed by atoms with van der Waals surface area (Å²) in [7, 11) is 1.37. The van der Waals surface area contributed by atoms with E-state index in [1.807, 2.05) is 0 Å². The molecule has 0 saturated carbocycles. The molecule has 0 heterocycles. The largest absolute Gasteiger partial charge is 0.496 e. The van der Waals surface area contributed by atoms with Gasteiger partial charge in [-0.3, -0.25) is 0 Å². The summed E-state index contributed by atoms with van der Waals surface area (Å²) < 4.78 is 4.90. The first kappa shape index (κ1) is 13.3. The van der Waals surface area contributed by atoms with Crippen molar-refractivity contribution < 1.29 is 14.6 Å². The first-order valence-electron chi connectivity index (χ1n) is 4.79. The van der Waals surface area contributed by atoms with E-state index in [4.69, 9.17) is 27.0 Å². The molecule has 8 nitrogen and oxygen atoms in total. The number of carboxylic acids is 1. The van der Waals surface area contributed by atoms with Crippen LogP contribution in [0.4, 0.5) is 5.69 Å². The van der Waals surface area contributed by atoms with E-state index in [2.05, 4.69) is 9.98 Å². The minimum absolute atomic E-state index is 0.0312. The molecule has 0 aliphatic rings. The van der Waals surface area contributed by atoms with Gasteiger partial charge in [0.05, 0.1) is 12.8 Å². The van der Waals surface area contributed by atoms with Gasteiger partial charge in [0.1, 0.15) is 11.3 Å². The number of nitrogens with zero attached hydrogens (tertiary/aromatic N) is 2. The highest BCUT2D eigenvalue weighted by Gasteiger charge is 2.11. The maximum absolute atomic E-state index is 11.0. The lowest BCUT2D eigenvalue weighted by Crippen LogP contribution is -2.26. The molecule has 0 spiro atoms. The van der Waals surface area contributed by atoms with E-state index < -0.39 is 5.97 Å². The summed E-state index contributed by atoms with van der Waals surface area (Å²) >= 11 is 0. The standard InChI is InChI=1S/C10H13N5O3/c1-18-7-3-2-5(4-6(7)8(16)17)14-10(13)15-9(11)12/h2-4H,1H3,(H,16,17)(H6,11,12,13,14,15). The molecule has 1 aromatic rings. The van der Waals surface area contributed by atoms with Crippen LogP contribution in [0.2, 0.25) is 0 Å². The lowest BCUT2D eigenvalue weighted by molar-refractivity contribution is 0.0693. The van der Waals surface area contributed by atoms with Gasteiger partial charge in [-0.15, -0.1) is 0 Å². The Bertz CT molecular complexity index is 520. The molecule has 1 aromatic carbocycles. The molecule has 0 amide bonds. The smallest absolute Gasteiger partial charge is 0.339 e. The first-order valence-corrected chi connectivity index (χ1v) is 4.79. The van der Waals surface area contributed by atoms with Crippen molar-refractivity contribution in [3.63, 3.8) is 0 Å². The Morgan fingerprint density at radius 2 is 2.00 bits per heavy atom. The fourth-order valence-corrected chi connectivity index (χ4v) is 1.22. The maximum atomic E-state index is 11.0. The van der Waals surface area contributed by atoms with Crippen LogP contribution in [-0.2, 0) is 0 Å². The second kappa shape index (κ2) is 5.53. The van der Waals surface area contributed by atoms with Gasteiger partial charge in [0, 0.05) is 0 Å². The lowest BCUT2D eigenvalue weighted by atomic mass is 10.2. The van der Waals surface area contributed by atoms with Gasteiger partial charge < -0.3 is 27.0 Å². The number of methoxy groups -OCH3 is 1. The second-order valence-corrected chi connectivity index (χ2v) is 3.20. The first-order chi connectivity index (χ1) is 8.43. The zero-order valence-electron chi connectivity index (χ0n) is 9.62. The Balaban J connectivity index is 3.17. The predicted octanol–water partition coefficient (Wildman–Crippen LogP) is -0.387. The number of nitrogens with two attached hydrogens (primary N) is 3. The van der Waals surface area contributed by atoms with Crippen LogP contribution < -0.4 is 21.9 Å². The van der Waals surface area contributed by atoms with Crippen LogP contribution in [0.5, 0.6) is 5.75 Å². The normalized spacial score (nSPS) is 10.8. The summed E-state index contributed by atoms with van der Waals surface area (Å²) in [5, 5.41) is 8.97. The maximum Gasteiger partial charge on any atom is 0.339 e. The zero-order valence-corrected chi connectivity index (χ0v) is 9.62. The van der Waals surface area contributed by atoms with E-state index in [0.29, 0.717) is 5.69 Å². The average molecular weight is 251 g/mol. The summed E-state index contributed by atoms with van der Waals surface area (Å²) in [6, 6.07) is 4.29. The summed E-state index contributed by atoms with van der Waals surface area (Å²) in [6.45, 7) is 0. The topological polar surface area (TPSA) is 149 Å². The van der Waals surface area contributed by atoms with E-state index in [1.165, 1.54) is 25.3 Å². The Morgan fingerprint density at radius 3 is 2.50 bits per heavy atom. The number of rotatable bonds is 3. The molecule has 96 valence electrons. The summed E-state index contributed by atoms with van der Waals surface area (Å²) in [4.78, 5) is 18.3. The van der Waals surface area contributed by atoms with Crippen molar-refractivity contribution in [2.75, 3.05) is 7.11 Å². The van der Waals surface area contributed by atoms with Crippen molar-refractivity contribution in [2.45, 2.75) is 0 Å². The van der Waals surface area contributed by atoms with E-state index in [-0.39, 0.29) is 23.2 Å². The molecule has 7 N–H and O–H groups in total. The Kier molecular flexibility index (Phi) is 4.08. The van der Waals surface area contributed by atoms with Crippen LogP contribution in [0.25, 0.3) is 0 Å². The van der Waals surface area contributed by atoms with Crippen molar-refractivity contribution in [1.82, 2.24) is 0 Å². The minimum Gasteiger partial charge on any atom is -0.496 e. The van der Waals surface area contributed by atoms with Crippen LogP contribution >= 0.6 is 0 Å². The number of hydrogen-bond donors (Lipinski definition) is 4. The van der Waals surface area contributed by atoms with E-state index in [1.54, 1.807) is 0 Å². The predicted molar refractivity (Wildman–Crippen MR) is 67.0 cm³/mol. The van der Waals surface area contributed by atoms with E-state index in [0.717, 1.165) is 0 Å². The lowest BCUT2D eigenvalue weighted by Gasteiger charge is -2.05. The van der Waals surface area contributed by atoms with Gasteiger partial charge >= 0.3 is 5.97 Å². The van der Waals surface area contributed by atoms with Crippen LogP contribution in [0.1, 0.15) is 10.4 Å². The Labute approximate surface area is 103 Å². The van der Waals surface area contributed by atoms with Crippen molar-refractivity contribution in [1.29, 1.82) is 0 Å². The fraction of sp³-hybridized carbons (Fsp3) is 0.100. The van der Waals surface area contributed by atoms with Crippen molar-refractivity contribution in [2.24, 2.45) is 27.2 Å². The van der Waals surface area contributed by atoms with Crippen LogP contribution in [0.3, 0.4) is 0 Å². The molecular weight excluding hydrogens is 238 g/mol. The fourth-order valence-electron chi connectivity index (χ4n) is 1.22. The Hall–Kier alpha value is -2.77. The van der Waals surface area contributed by atoms with Crippen molar-refractivity contribution >= 4 is 23.6 Å². The molecule has 0 aliphatic carbocycles. The summed E-state index contributed by atoms with van der Waals surface area (Å²) in [6.07, 6.45) is 0. The third-order valence-electron chi connectivity index (χ3n) is 1.90. The van der Waals surface area contributed by atoms with Crippen LogP contribution in [0, 0.1) is 0 Å². The average Bonchev–Trinajstić information content (AvgIpc) is 2.27. The molecule has 0 aliphatic heterocycles. The number of carbonyl (C=O) groups is 1. The monoisotopic (exact) mass is 251 g/mol. The Morgan fingerprint density at radius 1 is 1.33 bits per heavy atom.